The molecule has 0 aromatic carbocycles. The molecule has 1 saturated heterocycles. The number of hydrogen-bond donors (Lipinski definition) is 2. The van der Waals surface area contributed by atoms with E-state index in [2.05, 4.69) is 14.9 Å². The number of amides is 1. The Hall–Kier alpha value is -2.25. The van der Waals surface area contributed by atoms with E-state index in [1.165, 1.54) is 0 Å². The zero-order chi connectivity index (χ0) is 19.4. The third kappa shape index (κ3) is 4.54. The maximum atomic E-state index is 12.3. The summed E-state index contributed by atoms with van der Waals surface area (Å²) >= 11 is 0. The van der Waals surface area contributed by atoms with Gasteiger partial charge in [0.1, 0.15) is 5.60 Å². The van der Waals surface area contributed by atoms with E-state index in [-0.39, 0.29) is 5.91 Å². The van der Waals surface area contributed by atoms with Crippen LogP contribution in [0, 0.1) is 6.92 Å². The van der Waals surface area contributed by atoms with Crippen molar-refractivity contribution in [2.45, 2.75) is 38.2 Å². The number of fused-ring (bicyclic) bond motifs is 1. The fourth-order valence-electron chi connectivity index (χ4n) is 3.77. The Morgan fingerprint density at radius 3 is 3.04 bits per heavy atom. The minimum absolute atomic E-state index is 0.0599. The number of carbonyl (C=O) groups excluding carboxylic acids is 1. The monoisotopic (exact) mass is 371 g/mol. The van der Waals surface area contributed by atoms with Crippen molar-refractivity contribution in [3.8, 4) is 0 Å². The Balaban J connectivity index is 1.70. The van der Waals surface area contributed by atoms with Crippen LogP contribution in [0.3, 0.4) is 0 Å². The second-order valence-electron chi connectivity index (χ2n) is 7.57. The first-order valence-corrected chi connectivity index (χ1v) is 9.54. The van der Waals surface area contributed by atoms with Crippen LogP contribution in [0.25, 0.3) is 10.9 Å². The van der Waals surface area contributed by atoms with Crippen LogP contribution < -0.4 is 10.6 Å². The molecule has 1 aliphatic heterocycles. The molecule has 2 aromatic rings. The van der Waals surface area contributed by atoms with Crippen molar-refractivity contribution < 1.29 is 9.90 Å². The summed E-state index contributed by atoms with van der Waals surface area (Å²) in [6, 6.07) is 3.94. The second-order valence-corrected chi connectivity index (χ2v) is 7.57. The van der Waals surface area contributed by atoms with E-state index in [4.69, 9.17) is 5.73 Å². The summed E-state index contributed by atoms with van der Waals surface area (Å²) in [7, 11) is 1.77. The number of rotatable bonds is 7. The molecule has 3 heterocycles. The first-order valence-electron chi connectivity index (χ1n) is 9.54. The van der Waals surface area contributed by atoms with Crippen molar-refractivity contribution >= 4 is 22.5 Å². The first kappa shape index (κ1) is 19.5. The van der Waals surface area contributed by atoms with Gasteiger partial charge in [-0.25, -0.2) is 0 Å². The number of nitrogens with zero attached hydrogens (tertiary/aromatic N) is 4. The lowest BCUT2D eigenvalue weighted by Gasteiger charge is -2.29. The number of unbranched alkanes of at least 4 members (excludes halogenated alkanes) is 1. The summed E-state index contributed by atoms with van der Waals surface area (Å²) in [4.78, 5) is 24.9. The Labute approximate surface area is 160 Å². The van der Waals surface area contributed by atoms with Crippen LogP contribution in [-0.2, 0) is 4.79 Å². The summed E-state index contributed by atoms with van der Waals surface area (Å²) < 4.78 is 0. The second kappa shape index (κ2) is 8.19. The van der Waals surface area contributed by atoms with Gasteiger partial charge in [0.05, 0.1) is 12.1 Å². The summed E-state index contributed by atoms with van der Waals surface area (Å²) in [5, 5.41) is 12.1. The number of nitrogens with two attached hydrogens (primary N) is 1. The van der Waals surface area contributed by atoms with Gasteiger partial charge < -0.3 is 20.6 Å². The lowest BCUT2D eigenvalue weighted by atomic mass is 10.0. The molecule has 0 saturated carbocycles. The van der Waals surface area contributed by atoms with Gasteiger partial charge in [-0.1, -0.05) is 0 Å². The van der Waals surface area contributed by atoms with Gasteiger partial charge >= 0.3 is 0 Å². The number of carbonyl (C=O) groups is 1. The number of β-amino-alcohol motifs (C(OH)–C–C–N with tert-alkyl or cyclic N) is 1. The van der Waals surface area contributed by atoms with Crippen molar-refractivity contribution in [3.05, 3.63) is 30.2 Å². The van der Waals surface area contributed by atoms with E-state index < -0.39 is 5.60 Å². The molecule has 2 aromatic heterocycles. The van der Waals surface area contributed by atoms with E-state index in [1.54, 1.807) is 18.1 Å². The summed E-state index contributed by atoms with van der Waals surface area (Å²) in [6.07, 6.45) is 6.30. The number of aliphatic hydroxyl groups is 1. The van der Waals surface area contributed by atoms with Crippen molar-refractivity contribution in [1.29, 1.82) is 0 Å². The predicted molar refractivity (Wildman–Crippen MR) is 107 cm³/mol. The quantitative estimate of drug-likeness (QED) is 0.716. The molecule has 27 heavy (non-hydrogen) atoms. The highest BCUT2D eigenvalue weighted by Gasteiger charge is 2.38. The molecule has 7 nitrogen and oxygen atoms in total. The van der Waals surface area contributed by atoms with Gasteiger partial charge in [0, 0.05) is 55.7 Å². The third-order valence-corrected chi connectivity index (χ3v) is 5.19. The van der Waals surface area contributed by atoms with Crippen molar-refractivity contribution in [2.24, 2.45) is 5.73 Å². The lowest BCUT2D eigenvalue weighted by molar-refractivity contribution is -0.132. The van der Waals surface area contributed by atoms with Crippen LogP contribution >= 0.6 is 0 Å². The predicted octanol–water partition coefficient (Wildman–Crippen LogP) is 1.47. The highest BCUT2D eigenvalue weighted by molar-refractivity contribution is 5.91. The van der Waals surface area contributed by atoms with Gasteiger partial charge in [-0.05, 0) is 44.9 Å². The van der Waals surface area contributed by atoms with Crippen molar-refractivity contribution in [1.82, 2.24) is 14.9 Å². The van der Waals surface area contributed by atoms with Crippen LogP contribution in [0.15, 0.2) is 24.5 Å². The number of likely N-dealkylation sites (N-methyl/N-ethyl adjacent to an activating group) is 1. The first-order chi connectivity index (χ1) is 12.9. The maximum Gasteiger partial charge on any atom is 0.222 e. The van der Waals surface area contributed by atoms with Gasteiger partial charge in [-0.2, -0.15) is 0 Å². The SMILES string of the molecule is Cc1cc(N2CC[C@@](O)(CN(C)C(=O)CCCCN)C2)c2cnccc2n1. The minimum atomic E-state index is -0.913. The van der Waals surface area contributed by atoms with Gasteiger partial charge in [0.15, 0.2) is 0 Å². The number of pyridine rings is 2. The molecule has 0 radical (unpaired) electrons. The van der Waals surface area contributed by atoms with E-state index in [9.17, 15) is 9.90 Å². The van der Waals surface area contributed by atoms with Gasteiger partial charge in [0.25, 0.3) is 0 Å². The number of aromatic nitrogens is 2. The highest BCUT2D eigenvalue weighted by atomic mass is 16.3. The number of anilines is 1. The Kier molecular flexibility index (Phi) is 5.92. The Bertz CT molecular complexity index is 812. The third-order valence-electron chi connectivity index (χ3n) is 5.19. The van der Waals surface area contributed by atoms with Crippen LogP contribution in [0.1, 0.15) is 31.4 Å². The molecule has 3 rings (SSSR count). The lowest BCUT2D eigenvalue weighted by Crippen LogP contribution is -2.45. The molecular weight excluding hydrogens is 342 g/mol. The van der Waals surface area contributed by atoms with E-state index >= 15 is 0 Å². The van der Waals surface area contributed by atoms with E-state index in [0.717, 1.165) is 41.7 Å². The topological polar surface area (TPSA) is 95.6 Å². The molecule has 1 aliphatic rings. The molecule has 0 spiro atoms. The van der Waals surface area contributed by atoms with Crippen LogP contribution in [-0.4, -0.2) is 64.7 Å². The normalized spacial score (nSPS) is 19.6. The zero-order valence-corrected chi connectivity index (χ0v) is 16.2. The zero-order valence-electron chi connectivity index (χ0n) is 16.2. The van der Waals surface area contributed by atoms with Crippen molar-refractivity contribution in [3.63, 3.8) is 0 Å². The Morgan fingerprint density at radius 2 is 2.26 bits per heavy atom. The molecule has 1 fully saturated rings. The molecule has 1 atom stereocenters. The maximum absolute atomic E-state index is 12.3. The van der Waals surface area contributed by atoms with Crippen LogP contribution in [0.5, 0.6) is 0 Å². The van der Waals surface area contributed by atoms with Crippen molar-refractivity contribution in [2.75, 3.05) is 38.1 Å². The molecule has 3 N–H and O–H groups in total. The standard InChI is InChI=1S/C20H29N5O2/c1-15-11-18(16-12-22-9-6-17(16)23-15)25-10-7-20(27,14-25)13-24(2)19(26)5-3-4-8-21/h6,9,11-12,27H,3-5,7-8,10,13-14,21H2,1-2H3/t20-/m1/s1. The molecule has 7 heteroatoms. The van der Waals surface area contributed by atoms with Crippen LogP contribution in [0.4, 0.5) is 5.69 Å². The largest absolute Gasteiger partial charge is 0.386 e. The van der Waals surface area contributed by atoms with Gasteiger partial charge in [-0.15, -0.1) is 0 Å². The van der Waals surface area contributed by atoms with Crippen LogP contribution in [0.2, 0.25) is 0 Å². The molecule has 146 valence electrons. The average Bonchev–Trinajstić information content (AvgIpc) is 3.02. The Morgan fingerprint density at radius 1 is 1.44 bits per heavy atom. The molecular formula is C20H29N5O2. The summed E-state index contributed by atoms with van der Waals surface area (Å²) in [5.41, 5.74) is 7.45. The highest BCUT2D eigenvalue weighted by Crippen LogP contribution is 2.32. The van der Waals surface area contributed by atoms with E-state index in [0.29, 0.717) is 32.5 Å². The molecule has 0 unspecified atom stereocenters. The number of aryl methyl sites for hydroxylation is 1. The summed E-state index contributed by atoms with van der Waals surface area (Å²) in [5.74, 6) is 0.0599. The smallest absolute Gasteiger partial charge is 0.222 e. The average molecular weight is 371 g/mol. The number of hydrogen-bond acceptors (Lipinski definition) is 6. The summed E-state index contributed by atoms with van der Waals surface area (Å²) in [6.45, 7) is 4.13. The van der Waals surface area contributed by atoms with Gasteiger partial charge in [0.2, 0.25) is 5.91 Å². The molecule has 1 amide bonds. The minimum Gasteiger partial charge on any atom is -0.386 e. The fraction of sp³-hybridized carbons (Fsp3) is 0.550. The van der Waals surface area contributed by atoms with Gasteiger partial charge in [-0.3, -0.25) is 14.8 Å². The molecule has 0 aliphatic carbocycles. The van der Waals surface area contributed by atoms with E-state index in [1.807, 2.05) is 25.3 Å². The molecule has 0 bridgehead atoms. The fourth-order valence-corrected chi connectivity index (χ4v) is 3.77.